The van der Waals surface area contributed by atoms with Crippen LogP contribution in [0, 0.1) is 6.92 Å². The van der Waals surface area contributed by atoms with Gasteiger partial charge in [-0.05, 0) is 24.6 Å². The maximum absolute atomic E-state index is 4.27. The zero-order valence-electron chi connectivity index (χ0n) is 7.27. The third-order valence-electron chi connectivity index (χ3n) is 1.98. The normalized spacial score (nSPS) is 11.2. The molecule has 1 heteroatoms. The molecule has 1 aromatic heterocycles. The second-order valence-corrected chi connectivity index (χ2v) is 2.82. The number of pyridine rings is 1. The Kier molecular flexibility index (Phi) is 2.09. The van der Waals surface area contributed by atoms with E-state index in [1.807, 2.05) is 24.3 Å². The molecule has 2 aromatic rings. The van der Waals surface area contributed by atoms with Crippen LogP contribution in [0.3, 0.4) is 0 Å². The number of rotatable bonds is 1. The Labute approximate surface area is 77.7 Å². The van der Waals surface area contributed by atoms with E-state index in [4.69, 9.17) is 0 Å². The molecule has 13 heavy (non-hydrogen) atoms. The Morgan fingerprint density at radius 3 is 2.92 bits per heavy atom. The van der Waals surface area contributed by atoms with Crippen LogP contribution in [0.2, 0.25) is 0 Å². The number of nitrogens with zero attached hydrogens (tertiary/aromatic N) is 1. The lowest BCUT2D eigenvalue weighted by atomic mass is 10.1. The molecular weight excluding hydrogens is 158 g/mol. The third-order valence-corrected chi connectivity index (χ3v) is 1.98. The van der Waals surface area contributed by atoms with Crippen LogP contribution in [-0.4, -0.2) is 4.98 Å². The number of hydrogen-bond donors (Lipinski definition) is 0. The Morgan fingerprint density at radius 1 is 1.15 bits per heavy atom. The minimum atomic E-state index is 1.03. The Bertz CT molecular complexity index is 438. The van der Waals surface area contributed by atoms with Gasteiger partial charge in [0, 0.05) is 11.6 Å². The first-order valence-corrected chi connectivity index (χ1v) is 4.21. The van der Waals surface area contributed by atoms with Crippen LogP contribution in [0.4, 0.5) is 0 Å². The second-order valence-electron chi connectivity index (χ2n) is 2.82. The van der Waals surface area contributed by atoms with Gasteiger partial charge in [-0.2, -0.15) is 0 Å². The van der Waals surface area contributed by atoms with Crippen LogP contribution in [0.5, 0.6) is 0 Å². The van der Waals surface area contributed by atoms with Crippen LogP contribution in [-0.2, 0) is 0 Å². The number of benzene rings is 1. The van der Waals surface area contributed by atoms with Gasteiger partial charge in [0.05, 0.1) is 5.52 Å². The molecule has 0 aliphatic carbocycles. The molecule has 1 radical (unpaired) electrons. The summed E-state index contributed by atoms with van der Waals surface area (Å²) in [6.07, 6.45) is 5.59. The van der Waals surface area contributed by atoms with Gasteiger partial charge in [-0.3, -0.25) is 4.98 Å². The van der Waals surface area contributed by atoms with Crippen LogP contribution in [0.1, 0.15) is 5.56 Å². The lowest BCUT2D eigenvalue weighted by molar-refractivity contribution is 1.41. The fourth-order valence-electron chi connectivity index (χ4n) is 1.40. The zero-order chi connectivity index (χ0) is 9.10. The maximum Gasteiger partial charge on any atom is 0.0707 e. The molecule has 63 valence electrons. The molecule has 1 heterocycles. The third kappa shape index (κ3) is 1.45. The summed E-state index contributed by atoms with van der Waals surface area (Å²) >= 11 is 0. The van der Waals surface area contributed by atoms with E-state index in [2.05, 4.69) is 24.0 Å². The Hall–Kier alpha value is -1.63. The van der Waals surface area contributed by atoms with Gasteiger partial charge >= 0.3 is 0 Å². The Morgan fingerprint density at radius 2 is 2.08 bits per heavy atom. The molecule has 1 nitrogen and oxygen atoms in total. The van der Waals surface area contributed by atoms with Crippen molar-refractivity contribution in [2.75, 3.05) is 0 Å². The van der Waals surface area contributed by atoms with E-state index in [0.717, 1.165) is 5.52 Å². The average Bonchev–Trinajstić information content (AvgIpc) is 2.19. The predicted molar refractivity (Wildman–Crippen MR) is 56.1 cm³/mol. The molecular formula is C12H10N. The summed E-state index contributed by atoms with van der Waals surface area (Å²) in [4.78, 5) is 4.27. The van der Waals surface area contributed by atoms with Crippen molar-refractivity contribution >= 4 is 17.0 Å². The average molecular weight is 168 g/mol. The monoisotopic (exact) mass is 168 g/mol. The summed E-state index contributed by atoms with van der Waals surface area (Å²) in [5.41, 5.74) is 2.19. The number of allylic oxidation sites excluding steroid dienone is 1. The van der Waals surface area contributed by atoms with E-state index >= 15 is 0 Å². The highest BCUT2D eigenvalue weighted by Crippen LogP contribution is 2.17. The van der Waals surface area contributed by atoms with E-state index in [9.17, 15) is 0 Å². The second kappa shape index (κ2) is 3.40. The molecule has 0 bridgehead atoms. The van der Waals surface area contributed by atoms with Crippen LogP contribution < -0.4 is 0 Å². The lowest BCUT2D eigenvalue weighted by Gasteiger charge is -1.99. The van der Waals surface area contributed by atoms with Gasteiger partial charge in [0.15, 0.2) is 0 Å². The molecule has 0 atom stereocenters. The van der Waals surface area contributed by atoms with Gasteiger partial charge in [0.25, 0.3) is 0 Å². The highest BCUT2D eigenvalue weighted by atomic mass is 14.6. The molecule has 0 aliphatic heterocycles. The molecule has 2 rings (SSSR count). The smallest absolute Gasteiger partial charge is 0.0707 e. The first-order valence-electron chi connectivity index (χ1n) is 4.21. The van der Waals surface area contributed by atoms with Gasteiger partial charge in [-0.1, -0.05) is 30.4 Å². The molecule has 0 aliphatic rings. The molecule has 0 saturated heterocycles. The molecule has 0 unspecified atom stereocenters. The molecule has 0 N–H and O–H groups in total. The summed E-state index contributed by atoms with van der Waals surface area (Å²) in [7, 11) is 0. The van der Waals surface area contributed by atoms with Crippen molar-refractivity contribution in [1.82, 2.24) is 4.98 Å². The van der Waals surface area contributed by atoms with Crippen molar-refractivity contribution in [3.05, 3.63) is 55.1 Å². The molecule has 0 saturated carbocycles. The van der Waals surface area contributed by atoms with Crippen molar-refractivity contribution in [3.8, 4) is 0 Å². The summed E-state index contributed by atoms with van der Waals surface area (Å²) in [6.45, 7) is 3.69. The number of aromatic nitrogens is 1. The topological polar surface area (TPSA) is 12.9 Å². The van der Waals surface area contributed by atoms with E-state index in [1.165, 1.54) is 10.9 Å². The summed E-state index contributed by atoms with van der Waals surface area (Å²) < 4.78 is 0. The first kappa shape index (κ1) is 7.99. The van der Waals surface area contributed by atoms with E-state index in [-0.39, 0.29) is 0 Å². The molecule has 1 aromatic carbocycles. The summed E-state index contributed by atoms with van der Waals surface area (Å²) in [5, 5.41) is 1.17. The SMILES string of the molecule is [CH2]/C=C/c1cccc2ncccc12. The van der Waals surface area contributed by atoms with E-state index in [0.29, 0.717) is 0 Å². The molecule has 0 fully saturated rings. The Balaban J connectivity index is 2.75. The van der Waals surface area contributed by atoms with Crippen molar-refractivity contribution < 1.29 is 0 Å². The zero-order valence-corrected chi connectivity index (χ0v) is 7.27. The van der Waals surface area contributed by atoms with E-state index < -0.39 is 0 Å². The van der Waals surface area contributed by atoms with Crippen LogP contribution in [0.15, 0.2) is 42.6 Å². The minimum Gasteiger partial charge on any atom is -0.256 e. The standard InChI is InChI=1S/C12H10N/c1-2-5-10-6-3-8-12-11(10)7-4-9-13-12/h2-9H,1H2/b5-2+. The fraction of sp³-hybridized carbons (Fsp3) is 0. The predicted octanol–water partition coefficient (Wildman–Crippen LogP) is 3.08. The highest BCUT2D eigenvalue weighted by molar-refractivity contribution is 5.87. The van der Waals surface area contributed by atoms with Gasteiger partial charge in [-0.15, -0.1) is 0 Å². The highest BCUT2D eigenvalue weighted by Gasteiger charge is 1.95. The molecule has 0 amide bonds. The number of hydrogen-bond acceptors (Lipinski definition) is 1. The van der Waals surface area contributed by atoms with Crippen LogP contribution >= 0.6 is 0 Å². The quantitative estimate of drug-likeness (QED) is 0.637. The largest absolute Gasteiger partial charge is 0.256 e. The summed E-state index contributed by atoms with van der Waals surface area (Å²) in [5.74, 6) is 0. The van der Waals surface area contributed by atoms with Crippen LogP contribution in [0.25, 0.3) is 17.0 Å². The first-order chi connectivity index (χ1) is 6.42. The van der Waals surface area contributed by atoms with Gasteiger partial charge in [0.2, 0.25) is 0 Å². The summed E-state index contributed by atoms with van der Waals surface area (Å²) in [6, 6.07) is 10.1. The van der Waals surface area contributed by atoms with Crippen molar-refractivity contribution in [2.45, 2.75) is 0 Å². The van der Waals surface area contributed by atoms with Crippen molar-refractivity contribution in [1.29, 1.82) is 0 Å². The minimum absolute atomic E-state index is 1.03. The van der Waals surface area contributed by atoms with Crippen molar-refractivity contribution in [3.63, 3.8) is 0 Å². The van der Waals surface area contributed by atoms with Crippen molar-refractivity contribution in [2.24, 2.45) is 0 Å². The van der Waals surface area contributed by atoms with Gasteiger partial charge in [-0.25, -0.2) is 0 Å². The number of fused-ring (bicyclic) bond motifs is 1. The lowest BCUT2D eigenvalue weighted by Crippen LogP contribution is -1.80. The van der Waals surface area contributed by atoms with E-state index in [1.54, 1.807) is 12.3 Å². The fourth-order valence-corrected chi connectivity index (χ4v) is 1.40. The maximum atomic E-state index is 4.27. The molecule has 0 spiro atoms. The van der Waals surface area contributed by atoms with Gasteiger partial charge < -0.3 is 0 Å². The van der Waals surface area contributed by atoms with Gasteiger partial charge in [0.1, 0.15) is 0 Å².